The number of aliphatic carboxylic acids is 1. The quantitative estimate of drug-likeness (QED) is 0.724. The Labute approximate surface area is 158 Å². The molecule has 0 atom stereocenters. The Kier molecular flexibility index (Phi) is 6.39. The Bertz CT molecular complexity index is 864. The van der Waals surface area contributed by atoms with Crippen LogP contribution in [0.1, 0.15) is 35.5 Å². The van der Waals surface area contributed by atoms with E-state index in [1.165, 1.54) is 11.1 Å². The lowest BCUT2D eigenvalue weighted by Crippen LogP contribution is -2.35. The molecule has 1 aromatic heterocycles. The summed E-state index contributed by atoms with van der Waals surface area (Å²) in [6.07, 6.45) is -4.06. The molecule has 0 aliphatic carbocycles. The number of nitrogens with zero attached hydrogens (tertiary/aromatic N) is 3. The van der Waals surface area contributed by atoms with Gasteiger partial charge in [0.05, 0.1) is 0 Å². The predicted octanol–water partition coefficient (Wildman–Crippen LogP) is 2.57. The average molecular weight is 400 g/mol. The first kappa shape index (κ1) is 21.4. The molecule has 0 unspecified atom stereocenters. The zero-order valence-electron chi connectivity index (χ0n) is 15.1. The number of carboxylic acids is 2. The predicted molar refractivity (Wildman–Crippen MR) is 91.7 cm³/mol. The van der Waals surface area contributed by atoms with Gasteiger partial charge in [-0.2, -0.15) is 23.5 Å². The number of fused-ring (bicyclic) bond motifs is 1. The minimum absolute atomic E-state index is 0.0357. The highest BCUT2D eigenvalue weighted by Gasteiger charge is 2.38. The smallest absolute Gasteiger partial charge is 0.476 e. The standard InChI is InChI=1S/C15H18N4O2.C2HF3O2/c1-9(2)19-6-5-10-3-4-11(7-12(10)8-19)13-14(15(20)21)17-18-16-13;3-2(4,5)1(6)7/h3-4,7,9H,5-6,8H2,1-2H3,(H,20,21)(H,16,17,18);(H,6,7). The molecular weight excluding hydrogens is 381 g/mol. The summed E-state index contributed by atoms with van der Waals surface area (Å²) in [5.41, 5.74) is 3.73. The molecular formula is C17H19F3N4O4. The molecule has 0 saturated carbocycles. The molecule has 3 rings (SSSR count). The van der Waals surface area contributed by atoms with Crippen LogP contribution >= 0.6 is 0 Å². The first-order chi connectivity index (χ1) is 13.0. The van der Waals surface area contributed by atoms with Crippen LogP contribution in [-0.2, 0) is 17.8 Å². The van der Waals surface area contributed by atoms with Crippen molar-refractivity contribution >= 4 is 11.9 Å². The number of halogens is 3. The number of hydrogen-bond acceptors (Lipinski definition) is 5. The molecule has 0 radical (unpaired) electrons. The second kappa shape index (κ2) is 8.38. The number of aromatic amines is 1. The van der Waals surface area contributed by atoms with Crippen LogP contribution in [0.5, 0.6) is 0 Å². The van der Waals surface area contributed by atoms with Crippen molar-refractivity contribution < 1.29 is 33.0 Å². The van der Waals surface area contributed by atoms with E-state index in [-0.39, 0.29) is 5.69 Å². The van der Waals surface area contributed by atoms with Gasteiger partial charge in [-0.05, 0) is 37.5 Å². The van der Waals surface area contributed by atoms with Crippen LogP contribution in [0.4, 0.5) is 13.2 Å². The second-order valence-electron chi connectivity index (χ2n) is 6.43. The zero-order chi connectivity index (χ0) is 21.1. The molecule has 1 aliphatic heterocycles. The van der Waals surface area contributed by atoms with Gasteiger partial charge in [0.2, 0.25) is 0 Å². The summed E-state index contributed by atoms with van der Waals surface area (Å²) in [5, 5.41) is 26.3. The maximum absolute atomic E-state index is 11.2. The molecule has 1 aliphatic rings. The lowest BCUT2D eigenvalue weighted by molar-refractivity contribution is -0.192. The average Bonchev–Trinajstić information content (AvgIpc) is 3.10. The van der Waals surface area contributed by atoms with Crippen LogP contribution in [0.2, 0.25) is 0 Å². The van der Waals surface area contributed by atoms with E-state index >= 15 is 0 Å². The van der Waals surface area contributed by atoms with E-state index in [0.29, 0.717) is 11.7 Å². The zero-order valence-corrected chi connectivity index (χ0v) is 15.1. The molecule has 0 amide bonds. The van der Waals surface area contributed by atoms with Gasteiger partial charge < -0.3 is 10.2 Å². The summed E-state index contributed by atoms with van der Waals surface area (Å²) in [6, 6.07) is 6.54. The van der Waals surface area contributed by atoms with Crippen molar-refractivity contribution in [3.63, 3.8) is 0 Å². The second-order valence-corrected chi connectivity index (χ2v) is 6.43. The van der Waals surface area contributed by atoms with Crippen molar-refractivity contribution in [1.29, 1.82) is 0 Å². The Morgan fingerprint density at radius 3 is 2.36 bits per heavy atom. The number of alkyl halides is 3. The van der Waals surface area contributed by atoms with Gasteiger partial charge in [-0.3, -0.25) is 4.90 Å². The molecule has 2 heterocycles. The number of carbonyl (C=O) groups is 2. The molecule has 0 spiro atoms. The number of nitrogens with one attached hydrogen (secondary N) is 1. The summed E-state index contributed by atoms with van der Waals surface area (Å²) in [5.74, 6) is -3.83. The normalized spacial score (nSPS) is 14.2. The lowest BCUT2D eigenvalue weighted by atomic mass is 9.95. The van der Waals surface area contributed by atoms with Crippen LogP contribution in [-0.4, -0.2) is 61.2 Å². The van der Waals surface area contributed by atoms with Crippen molar-refractivity contribution in [3.8, 4) is 11.3 Å². The third-order valence-corrected chi connectivity index (χ3v) is 4.24. The van der Waals surface area contributed by atoms with Gasteiger partial charge in [0.1, 0.15) is 5.69 Å². The Balaban J connectivity index is 0.000000345. The van der Waals surface area contributed by atoms with Crippen molar-refractivity contribution in [1.82, 2.24) is 20.3 Å². The maximum atomic E-state index is 11.2. The van der Waals surface area contributed by atoms with Crippen LogP contribution in [0.25, 0.3) is 11.3 Å². The fourth-order valence-electron chi connectivity index (χ4n) is 2.75. The third-order valence-electron chi connectivity index (χ3n) is 4.24. The number of hydrogen-bond donors (Lipinski definition) is 3. The van der Waals surface area contributed by atoms with Gasteiger partial charge in [-0.25, -0.2) is 9.59 Å². The monoisotopic (exact) mass is 400 g/mol. The minimum Gasteiger partial charge on any atom is -0.476 e. The van der Waals surface area contributed by atoms with Gasteiger partial charge in [0.15, 0.2) is 5.69 Å². The largest absolute Gasteiger partial charge is 0.490 e. The van der Waals surface area contributed by atoms with Gasteiger partial charge in [0, 0.05) is 24.7 Å². The van der Waals surface area contributed by atoms with Crippen LogP contribution in [0, 0.1) is 0 Å². The molecule has 1 aromatic carbocycles. The topological polar surface area (TPSA) is 119 Å². The lowest BCUT2D eigenvalue weighted by Gasteiger charge is -2.32. The van der Waals surface area contributed by atoms with E-state index in [0.717, 1.165) is 25.1 Å². The van der Waals surface area contributed by atoms with Crippen LogP contribution in [0.15, 0.2) is 18.2 Å². The molecule has 8 nitrogen and oxygen atoms in total. The molecule has 3 N–H and O–H groups in total. The number of H-pyrrole nitrogens is 1. The molecule has 2 aromatic rings. The van der Waals surface area contributed by atoms with E-state index in [2.05, 4.69) is 40.2 Å². The molecule has 28 heavy (non-hydrogen) atoms. The van der Waals surface area contributed by atoms with E-state index in [4.69, 9.17) is 15.0 Å². The third kappa shape index (κ3) is 5.06. The molecule has 0 fully saturated rings. The van der Waals surface area contributed by atoms with E-state index < -0.39 is 18.1 Å². The van der Waals surface area contributed by atoms with Crippen molar-refractivity contribution in [2.24, 2.45) is 0 Å². The van der Waals surface area contributed by atoms with Crippen molar-refractivity contribution in [2.45, 2.75) is 39.0 Å². The first-order valence-electron chi connectivity index (χ1n) is 8.31. The van der Waals surface area contributed by atoms with Gasteiger partial charge in [-0.15, -0.1) is 5.10 Å². The summed E-state index contributed by atoms with van der Waals surface area (Å²) >= 11 is 0. The van der Waals surface area contributed by atoms with Crippen LogP contribution in [0.3, 0.4) is 0 Å². The molecule has 152 valence electrons. The Morgan fingerprint density at radius 1 is 1.18 bits per heavy atom. The van der Waals surface area contributed by atoms with Gasteiger partial charge in [0.25, 0.3) is 0 Å². The van der Waals surface area contributed by atoms with Crippen molar-refractivity contribution in [2.75, 3.05) is 6.54 Å². The van der Waals surface area contributed by atoms with E-state index in [1.54, 1.807) is 0 Å². The first-order valence-corrected chi connectivity index (χ1v) is 8.31. The fraction of sp³-hybridized carbons (Fsp3) is 0.412. The fourth-order valence-corrected chi connectivity index (χ4v) is 2.75. The van der Waals surface area contributed by atoms with Gasteiger partial charge in [-0.1, -0.05) is 12.1 Å². The Hall–Kier alpha value is -2.95. The van der Waals surface area contributed by atoms with E-state index in [9.17, 15) is 18.0 Å². The number of benzene rings is 1. The summed E-state index contributed by atoms with van der Waals surface area (Å²) < 4.78 is 31.7. The van der Waals surface area contributed by atoms with E-state index in [1.807, 2.05) is 12.1 Å². The number of aromatic carboxylic acids is 1. The van der Waals surface area contributed by atoms with Crippen molar-refractivity contribution in [3.05, 3.63) is 35.0 Å². The summed E-state index contributed by atoms with van der Waals surface area (Å²) in [6.45, 7) is 6.33. The SMILES string of the molecule is CC(C)N1CCc2ccc(-c3n[nH]nc3C(=O)O)cc2C1.O=C(O)C(F)(F)F. The highest BCUT2D eigenvalue weighted by Crippen LogP contribution is 2.27. The molecule has 0 saturated heterocycles. The van der Waals surface area contributed by atoms with Gasteiger partial charge >= 0.3 is 18.1 Å². The van der Waals surface area contributed by atoms with Crippen LogP contribution < -0.4 is 0 Å². The summed E-state index contributed by atoms with van der Waals surface area (Å²) in [4.78, 5) is 22.5. The highest BCUT2D eigenvalue weighted by molar-refractivity contribution is 5.92. The molecule has 0 bridgehead atoms. The minimum atomic E-state index is -5.08. The Morgan fingerprint density at radius 2 is 1.82 bits per heavy atom. The molecule has 11 heteroatoms. The number of rotatable bonds is 3. The number of aromatic nitrogens is 3. The number of carboxylic acid groups (broad SMARTS) is 2. The maximum Gasteiger partial charge on any atom is 0.490 e. The highest BCUT2D eigenvalue weighted by atomic mass is 19.4. The summed E-state index contributed by atoms with van der Waals surface area (Å²) in [7, 11) is 0.